The molecule has 0 saturated carbocycles. The maximum atomic E-state index is 10.9. The summed E-state index contributed by atoms with van der Waals surface area (Å²) in [4.78, 5) is 0.837. The molecule has 0 saturated heterocycles. The Morgan fingerprint density at radius 3 is 1.38 bits per heavy atom. The van der Waals surface area contributed by atoms with Crippen molar-refractivity contribution in [1.29, 1.82) is 0 Å². The normalized spacial score (nSPS) is 10.8. The summed E-state index contributed by atoms with van der Waals surface area (Å²) in [7, 11) is 0. The van der Waals surface area contributed by atoms with Crippen LogP contribution in [0.3, 0.4) is 0 Å². The van der Waals surface area contributed by atoms with E-state index in [-0.39, 0.29) is 0 Å². The molecule has 8 heteroatoms. The zero-order valence-electron chi connectivity index (χ0n) is 13.7. The van der Waals surface area contributed by atoms with Crippen molar-refractivity contribution in [3.05, 3.63) is 56.9 Å². The molecule has 0 atom stereocenters. The molecule has 0 fully saturated rings. The van der Waals surface area contributed by atoms with Gasteiger partial charge < -0.3 is 10.4 Å². The van der Waals surface area contributed by atoms with E-state index in [0.717, 1.165) is 22.3 Å². The lowest BCUT2D eigenvalue weighted by Crippen LogP contribution is -2.22. The molecule has 24 heavy (non-hydrogen) atoms. The van der Waals surface area contributed by atoms with E-state index in [1.165, 1.54) is 0 Å². The molecular formula is C16H16N4O4. The lowest BCUT2D eigenvalue weighted by Gasteiger charge is -1.94. The number of aryl methyl sites for hydroxylation is 4. The van der Waals surface area contributed by atoms with Crippen molar-refractivity contribution in [2.24, 2.45) is 0 Å². The van der Waals surface area contributed by atoms with Gasteiger partial charge >= 0.3 is 0 Å². The first kappa shape index (κ1) is 15.7. The summed E-state index contributed by atoms with van der Waals surface area (Å²) >= 11 is 0. The lowest BCUT2D eigenvalue weighted by molar-refractivity contribution is -0.782. The second-order valence-electron chi connectivity index (χ2n) is 5.71. The highest BCUT2D eigenvalue weighted by atomic mass is 16.8. The molecule has 2 aromatic heterocycles. The summed E-state index contributed by atoms with van der Waals surface area (Å²) in [6, 6.07) is 7.22. The molecule has 2 aromatic carbocycles. The molecule has 0 spiro atoms. The molecule has 0 aliphatic carbocycles. The van der Waals surface area contributed by atoms with E-state index < -0.39 is 0 Å². The summed E-state index contributed by atoms with van der Waals surface area (Å²) in [5.41, 5.74) is 6.52. The van der Waals surface area contributed by atoms with Crippen LogP contribution in [0.15, 0.2) is 33.5 Å². The molecule has 0 radical (unpaired) electrons. The van der Waals surface area contributed by atoms with Crippen LogP contribution in [0.25, 0.3) is 22.1 Å². The minimum atomic E-state index is 0.418. The van der Waals surface area contributed by atoms with Gasteiger partial charge in [0.05, 0.1) is 0 Å². The summed E-state index contributed by atoms with van der Waals surface area (Å²) in [5.74, 6) is 0. The number of aromatic nitrogens is 4. The minimum Gasteiger partial charge on any atom is -0.359 e. The van der Waals surface area contributed by atoms with Gasteiger partial charge in [-0.2, -0.15) is 0 Å². The molecule has 2 heterocycles. The number of rotatable bonds is 0. The van der Waals surface area contributed by atoms with Gasteiger partial charge in [0.15, 0.2) is 0 Å². The summed E-state index contributed by atoms with van der Waals surface area (Å²) in [6.07, 6.45) is 0. The van der Waals surface area contributed by atoms with Crippen LogP contribution in [0.1, 0.15) is 22.3 Å². The Kier molecular flexibility index (Phi) is 3.80. The van der Waals surface area contributed by atoms with Gasteiger partial charge in [0.1, 0.15) is 0 Å². The first-order valence-electron chi connectivity index (χ1n) is 7.30. The van der Waals surface area contributed by atoms with Crippen LogP contribution in [0.5, 0.6) is 0 Å². The fourth-order valence-corrected chi connectivity index (χ4v) is 2.26. The van der Waals surface area contributed by atoms with E-state index in [4.69, 9.17) is 0 Å². The molecule has 4 aromatic rings. The van der Waals surface area contributed by atoms with Crippen LogP contribution in [0.4, 0.5) is 0 Å². The highest BCUT2D eigenvalue weighted by molar-refractivity contribution is 5.73. The lowest BCUT2D eigenvalue weighted by atomic mass is 10.1. The van der Waals surface area contributed by atoms with Crippen molar-refractivity contribution in [3.8, 4) is 0 Å². The third-order valence-corrected chi connectivity index (χ3v) is 4.00. The number of fused-ring (bicyclic) bond motifs is 2. The molecule has 0 bridgehead atoms. The van der Waals surface area contributed by atoms with Crippen LogP contribution >= 0.6 is 0 Å². The predicted octanol–water partition coefficient (Wildman–Crippen LogP) is 2.16. The van der Waals surface area contributed by atoms with Gasteiger partial charge in [-0.15, -0.1) is 0 Å². The first-order chi connectivity index (χ1) is 11.4. The highest BCUT2D eigenvalue weighted by Crippen LogP contribution is 2.14. The maximum absolute atomic E-state index is 10.9. The Morgan fingerprint density at radius 2 is 1.00 bits per heavy atom. The van der Waals surface area contributed by atoms with Crippen LogP contribution in [0.2, 0.25) is 0 Å². The first-order valence-corrected chi connectivity index (χ1v) is 7.30. The summed E-state index contributed by atoms with van der Waals surface area (Å²) < 4.78 is 8.87. The Balaban J connectivity index is 0.000000141. The fourth-order valence-electron chi connectivity index (χ4n) is 2.26. The molecule has 0 aliphatic heterocycles. The molecule has 124 valence electrons. The monoisotopic (exact) mass is 328 g/mol. The van der Waals surface area contributed by atoms with E-state index in [1.54, 1.807) is 12.1 Å². The molecular weight excluding hydrogens is 312 g/mol. The standard InChI is InChI=1S/2C8H8N2O2/c2*1-5-3-7-8(4-6(5)2)10(11)12-9-7/h2*3-4H,1-2H3. The van der Waals surface area contributed by atoms with Gasteiger partial charge in [-0.05, 0) is 84.0 Å². The molecule has 0 unspecified atom stereocenters. The SMILES string of the molecule is Cc1cc2no[n+]([O-])c2cc1C.Cc1cc2no[n+]([O-])c2cc1C. The van der Waals surface area contributed by atoms with Crippen molar-refractivity contribution >= 4 is 22.1 Å². The average Bonchev–Trinajstić information content (AvgIpc) is 3.06. The van der Waals surface area contributed by atoms with Gasteiger partial charge in [0.2, 0.25) is 22.1 Å². The second kappa shape index (κ2) is 5.80. The number of hydrogen-bond acceptors (Lipinski definition) is 6. The quantitative estimate of drug-likeness (QED) is 0.458. The fraction of sp³-hybridized carbons (Fsp3) is 0.250. The van der Waals surface area contributed by atoms with E-state index in [0.29, 0.717) is 31.9 Å². The molecule has 0 N–H and O–H groups in total. The number of hydrogen-bond donors (Lipinski definition) is 0. The Bertz CT molecular complexity index is 952. The van der Waals surface area contributed by atoms with E-state index in [2.05, 4.69) is 19.6 Å². The third kappa shape index (κ3) is 2.73. The van der Waals surface area contributed by atoms with Crippen molar-refractivity contribution in [2.75, 3.05) is 0 Å². The predicted molar refractivity (Wildman–Crippen MR) is 84.9 cm³/mol. The molecule has 4 rings (SSSR count). The van der Waals surface area contributed by atoms with E-state index in [9.17, 15) is 10.4 Å². The zero-order valence-corrected chi connectivity index (χ0v) is 13.7. The molecule has 0 aliphatic rings. The van der Waals surface area contributed by atoms with Gasteiger partial charge in [0.25, 0.3) is 0 Å². The zero-order chi connectivity index (χ0) is 17.4. The largest absolute Gasteiger partial charge is 0.359 e. The topological polar surface area (TPSA) is 106 Å². The second-order valence-corrected chi connectivity index (χ2v) is 5.71. The van der Waals surface area contributed by atoms with Crippen LogP contribution in [-0.4, -0.2) is 10.3 Å². The van der Waals surface area contributed by atoms with Crippen molar-refractivity contribution in [3.63, 3.8) is 0 Å². The van der Waals surface area contributed by atoms with Crippen LogP contribution in [0, 0.1) is 38.1 Å². The average molecular weight is 328 g/mol. The van der Waals surface area contributed by atoms with Gasteiger partial charge in [-0.3, -0.25) is 9.26 Å². The van der Waals surface area contributed by atoms with Crippen molar-refractivity contribution in [1.82, 2.24) is 10.3 Å². The smallest absolute Gasteiger partial charge is 0.248 e. The Labute approximate surface area is 137 Å². The van der Waals surface area contributed by atoms with E-state index in [1.807, 2.05) is 39.8 Å². The molecule has 0 amide bonds. The minimum absolute atomic E-state index is 0.418. The van der Waals surface area contributed by atoms with Gasteiger partial charge in [-0.1, -0.05) is 0 Å². The van der Waals surface area contributed by atoms with Crippen LogP contribution < -0.4 is 9.81 Å². The van der Waals surface area contributed by atoms with Gasteiger partial charge in [-0.25, -0.2) is 0 Å². The Hall–Kier alpha value is -3.16. The van der Waals surface area contributed by atoms with Crippen molar-refractivity contribution in [2.45, 2.75) is 27.7 Å². The van der Waals surface area contributed by atoms with Crippen molar-refractivity contribution < 1.29 is 19.1 Å². The van der Waals surface area contributed by atoms with Gasteiger partial charge in [0, 0.05) is 10.3 Å². The summed E-state index contributed by atoms with van der Waals surface area (Å²) in [6.45, 7) is 7.83. The number of benzene rings is 2. The summed E-state index contributed by atoms with van der Waals surface area (Å²) in [5, 5.41) is 29.1. The highest BCUT2D eigenvalue weighted by Gasteiger charge is 2.10. The molecule has 8 nitrogen and oxygen atoms in total. The Morgan fingerprint density at radius 1 is 0.667 bits per heavy atom. The maximum Gasteiger partial charge on any atom is 0.248 e. The van der Waals surface area contributed by atoms with E-state index >= 15 is 0 Å². The number of nitrogens with zero attached hydrogens (tertiary/aromatic N) is 4. The third-order valence-electron chi connectivity index (χ3n) is 4.00. The van der Waals surface area contributed by atoms with Crippen LogP contribution in [-0.2, 0) is 0 Å².